The number of carboxylic acid groups (broad SMARTS) is 1. The van der Waals surface area contributed by atoms with Crippen LogP contribution >= 0.6 is 0 Å². The van der Waals surface area contributed by atoms with Gasteiger partial charge in [0.25, 0.3) is 0 Å². The molecule has 1 aromatic rings. The number of allylic oxidation sites excluding steroid dienone is 4. The third-order valence-corrected chi connectivity index (χ3v) is 3.68. The predicted molar refractivity (Wildman–Crippen MR) is 83.8 cm³/mol. The highest BCUT2D eigenvalue weighted by Crippen LogP contribution is 2.42. The average Bonchev–Trinajstić information content (AvgIpc) is 2.41. The molecule has 1 atom stereocenters. The molecular weight excluding hydrogens is 267 g/mol. The van der Waals surface area contributed by atoms with Gasteiger partial charge in [-0.1, -0.05) is 43.5 Å². The summed E-state index contributed by atoms with van der Waals surface area (Å²) in [7, 11) is 0. The summed E-state index contributed by atoms with van der Waals surface area (Å²) in [6.07, 6.45) is 4.88. The van der Waals surface area contributed by atoms with Crippen LogP contribution in [0.25, 0.3) is 0 Å². The lowest BCUT2D eigenvalue weighted by atomic mass is 9.70. The fraction of sp³-hybridized carbons (Fsp3) is 0.278. The number of carbonyl (C=O) groups is 1. The van der Waals surface area contributed by atoms with Gasteiger partial charge in [0.1, 0.15) is 5.82 Å². The predicted octanol–water partition coefficient (Wildman–Crippen LogP) is 4.63. The molecule has 2 nitrogen and oxygen atoms in total. The van der Waals surface area contributed by atoms with Gasteiger partial charge in [0, 0.05) is 5.92 Å². The largest absolute Gasteiger partial charge is 0.481 e. The Morgan fingerprint density at radius 2 is 2.00 bits per heavy atom. The van der Waals surface area contributed by atoms with E-state index in [1.165, 1.54) is 6.07 Å². The van der Waals surface area contributed by atoms with Crippen molar-refractivity contribution in [3.8, 4) is 0 Å². The second-order valence-corrected chi connectivity index (χ2v) is 5.57. The molecule has 3 heteroatoms. The van der Waals surface area contributed by atoms with Crippen molar-refractivity contribution in [3.63, 3.8) is 0 Å². The monoisotopic (exact) mass is 288 g/mol. The molecule has 0 radical (unpaired) electrons. The minimum atomic E-state index is -1.11. The van der Waals surface area contributed by atoms with Crippen LogP contribution in [0.1, 0.15) is 30.9 Å². The number of halogens is 1. The Morgan fingerprint density at radius 3 is 2.43 bits per heavy atom. The summed E-state index contributed by atoms with van der Waals surface area (Å²) in [6.45, 7) is 12.3. The standard InChI is InChI=1S/C18H21FO2/c1-6-8-13(7-2)16(18(4,5)17(20)21)14-10-9-12(3)15(19)11-14/h6-11,16H,1-2H2,3-5H3,(H,20,21)/b13-8+. The van der Waals surface area contributed by atoms with Gasteiger partial charge in [-0.3, -0.25) is 4.79 Å². The first-order valence-corrected chi connectivity index (χ1v) is 6.70. The highest BCUT2D eigenvalue weighted by molar-refractivity contribution is 5.76. The summed E-state index contributed by atoms with van der Waals surface area (Å²) in [5.41, 5.74) is 0.725. The number of aryl methyl sites for hydroxylation is 1. The van der Waals surface area contributed by atoms with Crippen LogP contribution in [-0.4, -0.2) is 11.1 Å². The van der Waals surface area contributed by atoms with Gasteiger partial charge in [-0.05, 0) is 43.5 Å². The fourth-order valence-corrected chi connectivity index (χ4v) is 2.36. The van der Waals surface area contributed by atoms with E-state index in [1.54, 1.807) is 51.1 Å². The summed E-state index contributed by atoms with van der Waals surface area (Å²) >= 11 is 0. The second kappa shape index (κ2) is 6.53. The molecule has 1 rings (SSSR count). The molecular formula is C18H21FO2. The van der Waals surface area contributed by atoms with Crippen LogP contribution in [0, 0.1) is 18.2 Å². The third-order valence-electron chi connectivity index (χ3n) is 3.68. The van der Waals surface area contributed by atoms with E-state index >= 15 is 0 Å². The highest BCUT2D eigenvalue weighted by atomic mass is 19.1. The first kappa shape index (κ1) is 16.9. The van der Waals surface area contributed by atoms with Crippen molar-refractivity contribution >= 4 is 5.97 Å². The van der Waals surface area contributed by atoms with Crippen molar-refractivity contribution in [2.75, 3.05) is 0 Å². The third kappa shape index (κ3) is 3.48. The van der Waals surface area contributed by atoms with Crippen LogP contribution in [0.5, 0.6) is 0 Å². The molecule has 0 aliphatic rings. The maximum atomic E-state index is 13.9. The molecule has 0 bridgehead atoms. The topological polar surface area (TPSA) is 37.3 Å². The van der Waals surface area contributed by atoms with E-state index in [-0.39, 0.29) is 5.82 Å². The van der Waals surface area contributed by atoms with Crippen molar-refractivity contribution in [1.29, 1.82) is 0 Å². The van der Waals surface area contributed by atoms with Gasteiger partial charge in [-0.25, -0.2) is 4.39 Å². The van der Waals surface area contributed by atoms with Gasteiger partial charge >= 0.3 is 5.97 Å². The lowest BCUT2D eigenvalue weighted by molar-refractivity contribution is -0.147. The van der Waals surface area contributed by atoms with Crippen LogP contribution in [0.15, 0.2) is 55.2 Å². The van der Waals surface area contributed by atoms with Crippen molar-refractivity contribution in [1.82, 2.24) is 0 Å². The Morgan fingerprint density at radius 1 is 1.38 bits per heavy atom. The average molecular weight is 288 g/mol. The molecule has 1 aromatic carbocycles. The van der Waals surface area contributed by atoms with E-state index < -0.39 is 17.3 Å². The molecule has 112 valence electrons. The quantitative estimate of drug-likeness (QED) is 0.775. The maximum Gasteiger partial charge on any atom is 0.310 e. The SMILES string of the molecule is C=C/C=C(\C=C)C(c1ccc(C)c(F)c1)C(C)(C)C(=O)O. The molecule has 1 N–H and O–H groups in total. The smallest absolute Gasteiger partial charge is 0.310 e. The molecule has 0 heterocycles. The van der Waals surface area contributed by atoms with Gasteiger partial charge in [-0.15, -0.1) is 0 Å². The Kier molecular flexibility index (Phi) is 5.25. The van der Waals surface area contributed by atoms with E-state index in [4.69, 9.17) is 0 Å². The highest BCUT2D eigenvalue weighted by Gasteiger charge is 2.39. The van der Waals surface area contributed by atoms with Crippen molar-refractivity contribution in [3.05, 3.63) is 72.1 Å². The molecule has 21 heavy (non-hydrogen) atoms. The molecule has 0 fully saturated rings. The molecule has 0 aromatic heterocycles. The van der Waals surface area contributed by atoms with E-state index in [0.29, 0.717) is 16.7 Å². The van der Waals surface area contributed by atoms with Crippen molar-refractivity contribution < 1.29 is 14.3 Å². The number of carboxylic acids is 1. The summed E-state index contributed by atoms with van der Waals surface area (Å²) < 4.78 is 13.9. The minimum Gasteiger partial charge on any atom is -0.481 e. The molecule has 0 spiro atoms. The van der Waals surface area contributed by atoms with Gasteiger partial charge < -0.3 is 5.11 Å². The Labute approximate surface area is 125 Å². The Bertz CT molecular complexity index is 597. The van der Waals surface area contributed by atoms with Gasteiger partial charge in [0.05, 0.1) is 5.41 Å². The van der Waals surface area contributed by atoms with Crippen molar-refractivity contribution in [2.45, 2.75) is 26.7 Å². The summed E-state index contributed by atoms with van der Waals surface area (Å²) in [5, 5.41) is 9.53. The van der Waals surface area contributed by atoms with E-state index in [9.17, 15) is 14.3 Å². The van der Waals surface area contributed by atoms with Crippen LogP contribution < -0.4 is 0 Å². The fourth-order valence-electron chi connectivity index (χ4n) is 2.36. The zero-order valence-electron chi connectivity index (χ0n) is 12.7. The van der Waals surface area contributed by atoms with E-state index in [2.05, 4.69) is 13.2 Å². The van der Waals surface area contributed by atoms with Crippen LogP contribution in [0.4, 0.5) is 4.39 Å². The van der Waals surface area contributed by atoms with Crippen molar-refractivity contribution in [2.24, 2.45) is 5.41 Å². The number of hydrogen-bond donors (Lipinski definition) is 1. The van der Waals surface area contributed by atoms with Gasteiger partial charge in [0.15, 0.2) is 0 Å². The number of rotatable bonds is 6. The lowest BCUT2D eigenvalue weighted by Crippen LogP contribution is -2.32. The van der Waals surface area contributed by atoms with Crippen LogP contribution in [-0.2, 0) is 4.79 Å². The van der Waals surface area contributed by atoms with E-state index in [0.717, 1.165) is 0 Å². The Hall–Kier alpha value is -2.16. The van der Waals surface area contributed by atoms with Gasteiger partial charge in [0.2, 0.25) is 0 Å². The Balaban J connectivity index is 3.54. The normalized spacial score (nSPS) is 13.6. The van der Waals surface area contributed by atoms with Crippen LogP contribution in [0.2, 0.25) is 0 Å². The first-order valence-electron chi connectivity index (χ1n) is 6.70. The molecule has 0 saturated heterocycles. The summed E-state index contributed by atoms with van der Waals surface area (Å²) in [6, 6.07) is 4.81. The second-order valence-electron chi connectivity index (χ2n) is 5.57. The van der Waals surface area contributed by atoms with Crippen LogP contribution in [0.3, 0.4) is 0 Å². The minimum absolute atomic E-state index is 0.347. The number of aliphatic carboxylic acids is 1. The molecule has 0 amide bonds. The molecule has 0 aliphatic carbocycles. The molecule has 0 saturated carbocycles. The lowest BCUT2D eigenvalue weighted by Gasteiger charge is -2.32. The van der Waals surface area contributed by atoms with Gasteiger partial charge in [-0.2, -0.15) is 0 Å². The number of hydrogen-bond acceptors (Lipinski definition) is 1. The maximum absolute atomic E-state index is 13.9. The zero-order valence-corrected chi connectivity index (χ0v) is 12.7. The zero-order chi connectivity index (χ0) is 16.2. The first-order chi connectivity index (χ1) is 9.75. The summed E-state index contributed by atoms with van der Waals surface area (Å²) in [5.74, 6) is -1.81. The van der Waals surface area contributed by atoms with E-state index in [1.807, 2.05) is 0 Å². The molecule has 0 aliphatic heterocycles. The number of benzene rings is 1. The summed E-state index contributed by atoms with van der Waals surface area (Å²) in [4.78, 5) is 11.6. The molecule has 1 unspecified atom stereocenters.